The topological polar surface area (TPSA) is 68.3 Å². The first kappa shape index (κ1) is 27.1. The van der Waals surface area contributed by atoms with Crippen LogP contribution in [-0.2, 0) is 6.18 Å². The normalized spacial score (nSPS) is 11.8. The van der Waals surface area contributed by atoms with Gasteiger partial charge in [-0.25, -0.2) is 4.98 Å². The van der Waals surface area contributed by atoms with Crippen LogP contribution in [-0.4, -0.2) is 22.2 Å². The third kappa shape index (κ3) is 8.62. The van der Waals surface area contributed by atoms with E-state index in [1.165, 1.54) is 12.8 Å². The van der Waals surface area contributed by atoms with Crippen molar-refractivity contribution in [2.45, 2.75) is 65.2 Å². The maximum Gasteiger partial charge on any atom is 0.421 e. The highest BCUT2D eigenvalue weighted by Gasteiger charge is 2.35. The molecule has 6 nitrogen and oxygen atoms in total. The fraction of sp³-hybridized carbons (Fsp3) is 0.407. The Morgan fingerprint density at radius 2 is 1.61 bits per heavy atom. The quantitative estimate of drug-likeness (QED) is 0.258. The fourth-order valence-electron chi connectivity index (χ4n) is 3.35. The molecule has 0 radical (unpaired) electrons. The average Bonchev–Trinajstić information content (AvgIpc) is 2.78. The molecule has 3 rings (SSSR count). The number of halogens is 3. The van der Waals surface area contributed by atoms with Crippen LogP contribution >= 0.6 is 0 Å². The lowest BCUT2D eigenvalue weighted by molar-refractivity contribution is -0.137. The minimum absolute atomic E-state index is 0.0285. The largest absolute Gasteiger partial charge is 0.494 e. The zero-order chi connectivity index (χ0) is 26.2. The van der Waals surface area contributed by atoms with Gasteiger partial charge in [0.05, 0.1) is 6.61 Å². The van der Waals surface area contributed by atoms with Gasteiger partial charge in [-0.15, -0.1) is 0 Å². The van der Waals surface area contributed by atoms with Gasteiger partial charge in [-0.05, 0) is 63.6 Å². The molecule has 0 amide bonds. The van der Waals surface area contributed by atoms with Crippen molar-refractivity contribution >= 4 is 23.1 Å². The predicted octanol–water partition coefficient (Wildman–Crippen LogP) is 8.12. The second kappa shape index (κ2) is 12.0. The minimum atomic E-state index is -4.63. The van der Waals surface area contributed by atoms with E-state index in [2.05, 4.69) is 27.5 Å². The molecule has 36 heavy (non-hydrogen) atoms. The van der Waals surface area contributed by atoms with Gasteiger partial charge in [0, 0.05) is 23.6 Å². The van der Waals surface area contributed by atoms with E-state index in [0.717, 1.165) is 24.8 Å². The highest BCUT2D eigenvalue weighted by molar-refractivity contribution is 5.64. The maximum absolute atomic E-state index is 13.6. The summed E-state index contributed by atoms with van der Waals surface area (Å²) < 4.78 is 52.5. The molecule has 2 N–H and O–H groups in total. The van der Waals surface area contributed by atoms with Gasteiger partial charge in [0.25, 0.3) is 0 Å². The van der Waals surface area contributed by atoms with Crippen molar-refractivity contribution in [2.24, 2.45) is 0 Å². The number of benzene rings is 2. The van der Waals surface area contributed by atoms with Gasteiger partial charge in [0.15, 0.2) is 0 Å². The molecule has 0 saturated carbocycles. The molecule has 0 fully saturated rings. The van der Waals surface area contributed by atoms with E-state index >= 15 is 0 Å². The third-order valence-electron chi connectivity index (χ3n) is 4.99. The number of ether oxygens (including phenoxy) is 2. The van der Waals surface area contributed by atoms with Crippen LogP contribution in [0.2, 0.25) is 0 Å². The summed E-state index contributed by atoms with van der Waals surface area (Å²) in [5.41, 5.74) is -0.383. The molecule has 0 aliphatic rings. The lowest BCUT2D eigenvalue weighted by Gasteiger charge is -2.22. The predicted molar refractivity (Wildman–Crippen MR) is 137 cm³/mol. The Balaban J connectivity index is 1.74. The summed E-state index contributed by atoms with van der Waals surface area (Å²) in [6.45, 7) is 8.48. The molecule has 0 unspecified atom stereocenters. The molecule has 0 bridgehead atoms. The molecule has 0 aliphatic heterocycles. The number of hydrogen-bond acceptors (Lipinski definition) is 6. The molecule has 194 valence electrons. The van der Waals surface area contributed by atoms with Gasteiger partial charge in [-0.2, -0.15) is 18.2 Å². The number of nitrogens with zero attached hydrogens (tertiary/aromatic N) is 2. The lowest BCUT2D eigenvalue weighted by atomic mass is 10.2. The molecule has 1 heterocycles. The van der Waals surface area contributed by atoms with Crippen LogP contribution < -0.4 is 20.1 Å². The number of unbranched alkanes of at least 4 members (excludes halogenated alkanes) is 3. The molecule has 0 atom stereocenters. The number of alkyl halides is 3. The van der Waals surface area contributed by atoms with Crippen LogP contribution in [0.25, 0.3) is 0 Å². The number of hydrogen-bond donors (Lipinski definition) is 2. The summed E-state index contributed by atoms with van der Waals surface area (Å²) in [6.07, 6.45) is 0.616. The molecule has 1 aromatic heterocycles. The van der Waals surface area contributed by atoms with Gasteiger partial charge in [-0.3, -0.25) is 0 Å². The first-order chi connectivity index (χ1) is 17.0. The van der Waals surface area contributed by atoms with Crippen LogP contribution in [0.1, 0.15) is 58.9 Å². The smallest absolute Gasteiger partial charge is 0.421 e. The second-order valence-corrected chi connectivity index (χ2v) is 9.38. The summed E-state index contributed by atoms with van der Waals surface area (Å²) in [6, 6.07) is 13.8. The third-order valence-corrected chi connectivity index (χ3v) is 4.99. The first-order valence-electron chi connectivity index (χ1n) is 12.0. The lowest BCUT2D eigenvalue weighted by Crippen LogP contribution is -2.22. The summed E-state index contributed by atoms with van der Waals surface area (Å²) in [7, 11) is 0. The van der Waals surface area contributed by atoms with E-state index in [4.69, 9.17) is 9.47 Å². The number of anilines is 4. The summed E-state index contributed by atoms with van der Waals surface area (Å²) in [4.78, 5) is 7.98. The molecular weight excluding hydrogens is 469 g/mol. The summed E-state index contributed by atoms with van der Waals surface area (Å²) in [5.74, 6) is 0.923. The van der Waals surface area contributed by atoms with Gasteiger partial charge in [0.2, 0.25) is 5.95 Å². The second-order valence-electron chi connectivity index (χ2n) is 9.38. The van der Waals surface area contributed by atoms with E-state index in [-0.39, 0.29) is 11.8 Å². The van der Waals surface area contributed by atoms with E-state index < -0.39 is 17.3 Å². The molecule has 3 aromatic rings. The number of aromatic nitrogens is 2. The van der Waals surface area contributed by atoms with Gasteiger partial charge in [0.1, 0.15) is 28.5 Å². The standard InChI is InChI=1S/C27H33F3N4O2/c1-5-6-7-8-16-35-21-14-12-19(13-15-21)33-25-31-18-23(27(28,29)30)24(34-25)32-20-10-9-11-22(17-20)36-26(2,3)4/h9-15,17-18H,5-8,16H2,1-4H3,(H2,31,32,33,34). The number of nitrogens with one attached hydrogen (secondary N) is 2. The highest BCUT2D eigenvalue weighted by Crippen LogP contribution is 2.36. The van der Waals surface area contributed by atoms with Gasteiger partial charge >= 0.3 is 6.18 Å². The van der Waals surface area contributed by atoms with Crippen LogP contribution in [0.15, 0.2) is 54.7 Å². The van der Waals surface area contributed by atoms with E-state index in [1.54, 1.807) is 48.5 Å². The maximum atomic E-state index is 13.6. The van der Waals surface area contributed by atoms with Crippen molar-refractivity contribution in [3.05, 3.63) is 60.3 Å². The van der Waals surface area contributed by atoms with Crippen LogP contribution in [0, 0.1) is 0 Å². The minimum Gasteiger partial charge on any atom is -0.494 e. The van der Waals surface area contributed by atoms with Crippen molar-refractivity contribution in [3.63, 3.8) is 0 Å². The monoisotopic (exact) mass is 502 g/mol. The Labute approximate surface area is 210 Å². The zero-order valence-corrected chi connectivity index (χ0v) is 21.1. The Kier molecular flexibility index (Phi) is 9.01. The van der Waals surface area contributed by atoms with E-state index in [9.17, 15) is 13.2 Å². The molecule has 0 saturated heterocycles. The van der Waals surface area contributed by atoms with E-state index in [1.807, 2.05) is 20.8 Å². The Hall–Kier alpha value is -3.49. The van der Waals surface area contributed by atoms with Crippen molar-refractivity contribution < 1.29 is 22.6 Å². The summed E-state index contributed by atoms with van der Waals surface area (Å²) >= 11 is 0. The van der Waals surface area contributed by atoms with Gasteiger partial charge < -0.3 is 20.1 Å². The van der Waals surface area contributed by atoms with Gasteiger partial charge in [-0.1, -0.05) is 32.3 Å². The van der Waals surface area contributed by atoms with Crippen LogP contribution in [0.4, 0.5) is 36.3 Å². The molecule has 0 spiro atoms. The van der Waals surface area contributed by atoms with Crippen molar-refractivity contribution in [3.8, 4) is 11.5 Å². The van der Waals surface area contributed by atoms with E-state index in [0.29, 0.717) is 23.7 Å². The van der Waals surface area contributed by atoms with Crippen molar-refractivity contribution in [2.75, 3.05) is 17.2 Å². The Morgan fingerprint density at radius 1 is 0.861 bits per heavy atom. The van der Waals surface area contributed by atoms with Crippen LogP contribution in [0.5, 0.6) is 11.5 Å². The Bertz CT molecular complexity index is 1110. The fourth-order valence-corrected chi connectivity index (χ4v) is 3.35. The molecule has 9 heteroatoms. The Morgan fingerprint density at radius 3 is 2.28 bits per heavy atom. The molecular formula is C27H33F3N4O2. The van der Waals surface area contributed by atoms with Crippen molar-refractivity contribution in [1.82, 2.24) is 9.97 Å². The first-order valence-corrected chi connectivity index (χ1v) is 12.0. The molecule has 0 aliphatic carbocycles. The average molecular weight is 503 g/mol. The van der Waals surface area contributed by atoms with Crippen molar-refractivity contribution in [1.29, 1.82) is 0 Å². The SMILES string of the molecule is CCCCCCOc1ccc(Nc2ncc(C(F)(F)F)c(Nc3cccc(OC(C)(C)C)c3)n2)cc1. The zero-order valence-electron chi connectivity index (χ0n) is 21.1. The highest BCUT2D eigenvalue weighted by atomic mass is 19.4. The van der Waals surface area contributed by atoms with Crippen LogP contribution in [0.3, 0.4) is 0 Å². The molecule has 2 aromatic carbocycles. The summed E-state index contributed by atoms with van der Waals surface area (Å²) in [5, 5.41) is 5.72. The number of rotatable bonds is 11.